The van der Waals surface area contributed by atoms with E-state index in [0.29, 0.717) is 10.9 Å². The highest BCUT2D eigenvalue weighted by Crippen LogP contribution is 2.26. The summed E-state index contributed by atoms with van der Waals surface area (Å²) in [4.78, 5) is 4.05. The first-order valence-electron chi connectivity index (χ1n) is 7.10. The summed E-state index contributed by atoms with van der Waals surface area (Å²) >= 11 is 1.38. The van der Waals surface area contributed by atoms with Crippen LogP contribution in [0.2, 0.25) is 0 Å². The van der Waals surface area contributed by atoms with E-state index >= 15 is 0 Å². The van der Waals surface area contributed by atoms with E-state index in [1.54, 1.807) is 17.7 Å². The van der Waals surface area contributed by atoms with E-state index in [1.165, 1.54) is 24.5 Å². The van der Waals surface area contributed by atoms with Gasteiger partial charge in [0, 0.05) is 5.38 Å². The lowest BCUT2D eigenvalue weighted by Gasteiger charge is -2.06. The number of hydrogen-bond donors (Lipinski definition) is 2. The number of nitrogen functional groups attached to an aromatic ring is 1. The molecule has 1 aromatic heterocycles. The van der Waals surface area contributed by atoms with Crippen LogP contribution in [0.15, 0.2) is 52.9 Å². The molecule has 0 saturated carbocycles. The smallest absolute Gasteiger partial charge is 0.205 e. The minimum Gasteiger partial charge on any atom is -0.494 e. The number of nitrogens with two attached hydrogens (primary N) is 1. The molecule has 3 N–H and O–H groups in total. The van der Waals surface area contributed by atoms with Gasteiger partial charge in [0.15, 0.2) is 11.6 Å². The predicted molar refractivity (Wildman–Crippen MR) is 96.1 cm³/mol. The zero-order valence-electron chi connectivity index (χ0n) is 12.9. The Kier molecular flexibility index (Phi) is 4.72. The van der Waals surface area contributed by atoms with Gasteiger partial charge in [-0.3, -0.25) is 5.43 Å². The maximum atomic E-state index is 13.9. The molecule has 0 aliphatic rings. The number of nitrogens with zero attached hydrogens (tertiary/aromatic N) is 2. The van der Waals surface area contributed by atoms with Crippen LogP contribution in [0.3, 0.4) is 0 Å². The van der Waals surface area contributed by atoms with Gasteiger partial charge in [-0.1, -0.05) is 24.3 Å². The summed E-state index contributed by atoms with van der Waals surface area (Å²) in [5.41, 5.74) is 10.9. The average molecular weight is 342 g/mol. The molecule has 122 valence electrons. The molecule has 0 aliphatic heterocycles. The summed E-state index contributed by atoms with van der Waals surface area (Å²) < 4.78 is 18.8. The first-order valence-corrected chi connectivity index (χ1v) is 7.98. The summed E-state index contributed by atoms with van der Waals surface area (Å²) in [7, 11) is 1.44. The first-order chi connectivity index (χ1) is 11.7. The van der Waals surface area contributed by atoms with Crippen LogP contribution in [0.25, 0.3) is 11.1 Å². The Hall–Kier alpha value is -2.93. The summed E-state index contributed by atoms with van der Waals surface area (Å²) in [5, 5.41) is 6.48. The maximum absolute atomic E-state index is 13.9. The van der Waals surface area contributed by atoms with Crippen molar-refractivity contribution in [3.8, 4) is 16.9 Å². The highest BCUT2D eigenvalue weighted by molar-refractivity contribution is 7.14. The predicted octanol–water partition coefficient (Wildman–Crippen LogP) is 3.99. The van der Waals surface area contributed by atoms with Crippen LogP contribution in [-0.2, 0) is 0 Å². The molecule has 0 unspecified atom stereocenters. The molecule has 3 rings (SSSR count). The van der Waals surface area contributed by atoms with Crippen LogP contribution in [0, 0.1) is 5.82 Å². The second-order valence-corrected chi connectivity index (χ2v) is 5.78. The SMILES string of the molecule is COc1ccc(-c2cccc(C=NNc3nc(N)cs3)c2)cc1F. The van der Waals surface area contributed by atoms with Crippen molar-refractivity contribution in [2.45, 2.75) is 0 Å². The molecule has 0 radical (unpaired) electrons. The van der Waals surface area contributed by atoms with Crippen molar-refractivity contribution in [3.63, 3.8) is 0 Å². The molecule has 0 fully saturated rings. The minimum absolute atomic E-state index is 0.225. The van der Waals surface area contributed by atoms with E-state index in [-0.39, 0.29) is 5.75 Å². The van der Waals surface area contributed by atoms with Gasteiger partial charge in [0.05, 0.1) is 13.3 Å². The van der Waals surface area contributed by atoms with Crippen molar-refractivity contribution >= 4 is 28.5 Å². The van der Waals surface area contributed by atoms with Crippen molar-refractivity contribution in [2.24, 2.45) is 5.10 Å². The molecular formula is C17H15FN4OS. The number of anilines is 2. The van der Waals surface area contributed by atoms with Crippen LogP contribution in [0.5, 0.6) is 5.75 Å². The molecule has 3 aromatic rings. The number of thiazole rings is 1. The molecule has 0 spiro atoms. The van der Waals surface area contributed by atoms with E-state index in [9.17, 15) is 4.39 Å². The van der Waals surface area contributed by atoms with E-state index in [0.717, 1.165) is 16.7 Å². The highest BCUT2D eigenvalue weighted by atomic mass is 32.1. The molecular weight excluding hydrogens is 327 g/mol. The Labute approximate surface area is 142 Å². The minimum atomic E-state index is -0.392. The van der Waals surface area contributed by atoms with Gasteiger partial charge in [-0.05, 0) is 34.9 Å². The van der Waals surface area contributed by atoms with Gasteiger partial charge in [-0.25, -0.2) is 9.37 Å². The van der Waals surface area contributed by atoms with Crippen LogP contribution < -0.4 is 15.9 Å². The molecule has 0 saturated heterocycles. The lowest BCUT2D eigenvalue weighted by Crippen LogP contribution is -1.92. The van der Waals surface area contributed by atoms with Gasteiger partial charge >= 0.3 is 0 Å². The molecule has 5 nitrogen and oxygen atoms in total. The molecule has 0 aliphatic carbocycles. The van der Waals surface area contributed by atoms with Gasteiger partial charge in [0.1, 0.15) is 5.82 Å². The lowest BCUT2D eigenvalue weighted by molar-refractivity contribution is 0.386. The van der Waals surface area contributed by atoms with Crippen LogP contribution in [0.1, 0.15) is 5.56 Å². The second kappa shape index (κ2) is 7.10. The fraction of sp³-hybridized carbons (Fsp3) is 0.0588. The summed E-state index contributed by atoms with van der Waals surface area (Å²) in [5.74, 6) is 0.293. The third-order valence-electron chi connectivity index (χ3n) is 3.27. The average Bonchev–Trinajstić information content (AvgIpc) is 3.00. The van der Waals surface area contributed by atoms with Crippen LogP contribution in [-0.4, -0.2) is 18.3 Å². The Morgan fingerprint density at radius 1 is 1.25 bits per heavy atom. The summed E-state index contributed by atoms with van der Waals surface area (Å²) in [6, 6.07) is 12.5. The first kappa shape index (κ1) is 15.9. The molecule has 7 heteroatoms. The largest absolute Gasteiger partial charge is 0.494 e. The molecule has 0 atom stereocenters. The van der Waals surface area contributed by atoms with E-state index in [4.69, 9.17) is 10.5 Å². The topological polar surface area (TPSA) is 72.5 Å². The maximum Gasteiger partial charge on any atom is 0.205 e. The van der Waals surface area contributed by atoms with Crippen molar-refractivity contribution in [3.05, 3.63) is 59.2 Å². The van der Waals surface area contributed by atoms with E-state index in [2.05, 4.69) is 15.5 Å². The van der Waals surface area contributed by atoms with Crippen molar-refractivity contribution in [2.75, 3.05) is 18.3 Å². The zero-order chi connectivity index (χ0) is 16.9. The normalized spacial score (nSPS) is 10.9. The summed E-state index contributed by atoms with van der Waals surface area (Å²) in [6.45, 7) is 0. The van der Waals surface area contributed by atoms with Gasteiger partial charge in [0.25, 0.3) is 0 Å². The quantitative estimate of drug-likeness (QED) is 0.543. The van der Waals surface area contributed by atoms with Gasteiger partial charge < -0.3 is 10.5 Å². The van der Waals surface area contributed by atoms with Gasteiger partial charge in [-0.2, -0.15) is 5.10 Å². The van der Waals surface area contributed by atoms with Crippen molar-refractivity contribution < 1.29 is 9.13 Å². The number of rotatable bonds is 5. The van der Waals surface area contributed by atoms with Gasteiger partial charge in [0.2, 0.25) is 5.13 Å². The number of aromatic nitrogens is 1. The standard InChI is InChI=1S/C17H15FN4OS/c1-23-15-6-5-13(8-14(15)18)12-4-2-3-11(7-12)9-20-22-17-21-16(19)10-24-17/h2-10H,19H2,1H3,(H,21,22). The van der Waals surface area contributed by atoms with Crippen molar-refractivity contribution in [1.82, 2.24) is 4.98 Å². The number of methoxy groups -OCH3 is 1. The fourth-order valence-electron chi connectivity index (χ4n) is 2.14. The van der Waals surface area contributed by atoms with E-state index in [1.807, 2.05) is 30.3 Å². The monoisotopic (exact) mass is 342 g/mol. The van der Waals surface area contributed by atoms with Crippen LogP contribution in [0.4, 0.5) is 15.3 Å². The molecule has 2 aromatic carbocycles. The second-order valence-electron chi connectivity index (χ2n) is 4.92. The number of benzene rings is 2. The lowest BCUT2D eigenvalue weighted by atomic mass is 10.0. The fourth-order valence-corrected chi connectivity index (χ4v) is 2.69. The number of hydrazone groups is 1. The van der Waals surface area contributed by atoms with Crippen LogP contribution >= 0.6 is 11.3 Å². The molecule has 0 amide bonds. The van der Waals surface area contributed by atoms with E-state index < -0.39 is 5.82 Å². The zero-order valence-corrected chi connectivity index (χ0v) is 13.7. The highest BCUT2D eigenvalue weighted by Gasteiger charge is 2.05. The molecule has 0 bridgehead atoms. The Balaban J connectivity index is 1.77. The Morgan fingerprint density at radius 2 is 2.08 bits per heavy atom. The molecule has 1 heterocycles. The number of ether oxygens (including phenoxy) is 1. The van der Waals surface area contributed by atoms with Gasteiger partial charge in [-0.15, -0.1) is 11.3 Å². The third-order valence-corrected chi connectivity index (χ3v) is 4.03. The number of halogens is 1. The Morgan fingerprint density at radius 3 is 2.79 bits per heavy atom. The third kappa shape index (κ3) is 3.69. The summed E-state index contributed by atoms with van der Waals surface area (Å²) in [6.07, 6.45) is 1.67. The number of hydrogen-bond acceptors (Lipinski definition) is 6. The Bertz CT molecular complexity index is 879. The number of nitrogens with one attached hydrogen (secondary N) is 1. The molecule has 24 heavy (non-hydrogen) atoms. The van der Waals surface area contributed by atoms with Crippen molar-refractivity contribution in [1.29, 1.82) is 0 Å².